The highest BCUT2D eigenvalue weighted by molar-refractivity contribution is 5.58. The molecule has 1 heterocycles. The number of nitrogens with zero attached hydrogens (tertiary/aromatic N) is 2. The zero-order valence-electron chi connectivity index (χ0n) is 12.9. The van der Waals surface area contributed by atoms with Gasteiger partial charge in [-0.05, 0) is 17.7 Å². The van der Waals surface area contributed by atoms with Crippen LogP contribution in [0.3, 0.4) is 0 Å². The zero-order chi connectivity index (χ0) is 15.4. The second-order valence-electron chi connectivity index (χ2n) is 5.53. The predicted molar refractivity (Wildman–Crippen MR) is 87.0 cm³/mol. The second kappa shape index (κ2) is 6.71. The summed E-state index contributed by atoms with van der Waals surface area (Å²) in [6, 6.07) is 8.09. The van der Waals surface area contributed by atoms with Crippen LogP contribution < -0.4 is 14.7 Å². The van der Waals surface area contributed by atoms with Crippen LogP contribution in [0, 0.1) is 0 Å². The van der Waals surface area contributed by atoms with Gasteiger partial charge in [-0.1, -0.05) is 36.4 Å². The largest absolute Gasteiger partial charge is 0.874 e. The number of piperazine rings is 1. The Morgan fingerprint density at radius 2 is 1.77 bits per heavy atom. The summed E-state index contributed by atoms with van der Waals surface area (Å²) < 4.78 is 5.43. The molecule has 1 fully saturated rings. The molecule has 1 aliphatic carbocycles. The summed E-state index contributed by atoms with van der Waals surface area (Å²) in [6.07, 6.45) is 7.58. The highest BCUT2D eigenvalue weighted by Crippen LogP contribution is 2.28. The van der Waals surface area contributed by atoms with Crippen molar-refractivity contribution in [1.29, 1.82) is 0 Å². The van der Waals surface area contributed by atoms with E-state index in [1.807, 2.05) is 42.5 Å². The molecule has 0 radical (unpaired) electrons. The highest BCUT2D eigenvalue weighted by atomic mass is 16.5. The van der Waals surface area contributed by atoms with Crippen molar-refractivity contribution in [3.63, 3.8) is 0 Å². The SMILES string of the molecule is COc1ccccc1N1CCN(CC([O-])=C2C=CC=C2)CC1. The van der Waals surface area contributed by atoms with E-state index in [0.717, 1.165) is 43.2 Å². The van der Waals surface area contributed by atoms with Gasteiger partial charge in [-0.3, -0.25) is 4.90 Å². The summed E-state index contributed by atoms with van der Waals surface area (Å²) in [5, 5.41) is 12.2. The van der Waals surface area contributed by atoms with E-state index in [0.29, 0.717) is 6.54 Å². The average molecular weight is 297 g/mol. The van der Waals surface area contributed by atoms with Crippen molar-refractivity contribution in [2.75, 3.05) is 44.7 Å². The van der Waals surface area contributed by atoms with Crippen molar-refractivity contribution >= 4 is 5.69 Å². The van der Waals surface area contributed by atoms with Crippen LogP contribution in [0.2, 0.25) is 0 Å². The van der Waals surface area contributed by atoms with Crippen molar-refractivity contribution in [3.05, 3.63) is 59.9 Å². The van der Waals surface area contributed by atoms with Gasteiger partial charge >= 0.3 is 0 Å². The van der Waals surface area contributed by atoms with Gasteiger partial charge in [0.25, 0.3) is 0 Å². The van der Waals surface area contributed by atoms with Crippen LogP contribution >= 0.6 is 0 Å². The Morgan fingerprint density at radius 3 is 2.45 bits per heavy atom. The first kappa shape index (κ1) is 14.7. The summed E-state index contributed by atoms with van der Waals surface area (Å²) in [7, 11) is 1.70. The Bertz CT molecular complexity index is 597. The van der Waals surface area contributed by atoms with Crippen LogP contribution in [-0.2, 0) is 0 Å². The van der Waals surface area contributed by atoms with Crippen LogP contribution in [0.15, 0.2) is 59.9 Å². The zero-order valence-corrected chi connectivity index (χ0v) is 12.9. The first-order valence-corrected chi connectivity index (χ1v) is 7.63. The Balaban J connectivity index is 1.60. The lowest BCUT2D eigenvalue weighted by Gasteiger charge is -2.38. The predicted octanol–water partition coefficient (Wildman–Crippen LogP) is 1.56. The Kier molecular flexibility index (Phi) is 4.49. The molecule has 22 heavy (non-hydrogen) atoms. The van der Waals surface area contributed by atoms with Gasteiger partial charge in [-0.15, -0.1) is 5.76 Å². The van der Waals surface area contributed by atoms with Gasteiger partial charge in [0, 0.05) is 32.7 Å². The molecule has 1 saturated heterocycles. The minimum Gasteiger partial charge on any atom is -0.874 e. The third kappa shape index (κ3) is 3.17. The normalized spacial score (nSPS) is 18.0. The van der Waals surface area contributed by atoms with E-state index in [4.69, 9.17) is 4.74 Å². The van der Waals surface area contributed by atoms with Gasteiger partial charge in [0.1, 0.15) is 5.75 Å². The fourth-order valence-corrected chi connectivity index (χ4v) is 2.89. The Labute approximate surface area is 131 Å². The molecule has 2 aliphatic rings. The molecule has 1 aliphatic heterocycles. The van der Waals surface area contributed by atoms with E-state index in [9.17, 15) is 5.11 Å². The quantitative estimate of drug-likeness (QED) is 0.791. The molecule has 0 atom stereocenters. The molecule has 0 unspecified atom stereocenters. The van der Waals surface area contributed by atoms with E-state index in [2.05, 4.69) is 15.9 Å². The van der Waals surface area contributed by atoms with Crippen molar-refractivity contribution < 1.29 is 9.84 Å². The summed E-state index contributed by atoms with van der Waals surface area (Å²) in [6.45, 7) is 4.11. The lowest BCUT2D eigenvalue weighted by molar-refractivity contribution is -0.308. The van der Waals surface area contributed by atoms with Crippen molar-refractivity contribution in [3.8, 4) is 5.75 Å². The lowest BCUT2D eigenvalue weighted by atomic mass is 10.2. The molecule has 0 spiro atoms. The first-order valence-electron chi connectivity index (χ1n) is 7.63. The molecule has 0 saturated carbocycles. The molecular weight excluding hydrogens is 276 g/mol. The standard InChI is InChI=1S/C18H22N2O2/c1-22-18-9-5-4-8-16(18)20-12-10-19(11-13-20)14-17(21)15-6-2-3-7-15/h2-9,21H,10-14H2,1H3/p-1. The molecule has 4 nitrogen and oxygen atoms in total. The molecule has 3 rings (SSSR count). The number of anilines is 1. The van der Waals surface area contributed by atoms with E-state index in [1.54, 1.807) is 7.11 Å². The van der Waals surface area contributed by atoms with Gasteiger partial charge < -0.3 is 14.7 Å². The topological polar surface area (TPSA) is 38.8 Å². The highest BCUT2D eigenvalue weighted by Gasteiger charge is 2.19. The smallest absolute Gasteiger partial charge is 0.142 e. The van der Waals surface area contributed by atoms with Gasteiger partial charge in [0.2, 0.25) is 0 Å². The van der Waals surface area contributed by atoms with Crippen LogP contribution in [0.5, 0.6) is 5.75 Å². The van der Waals surface area contributed by atoms with Crippen molar-refractivity contribution in [1.82, 2.24) is 4.90 Å². The molecule has 4 heteroatoms. The number of methoxy groups -OCH3 is 1. The molecule has 0 bridgehead atoms. The summed E-state index contributed by atoms with van der Waals surface area (Å²) >= 11 is 0. The monoisotopic (exact) mass is 297 g/mol. The van der Waals surface area contributed by atoms with E-state index in [1.165, 1.54) is 0 Å². The number of hydrogen-bond donors (Lipinski definition) is 0. The average Bonchev–Trinajstić information content (AvgIpc) is 3.10. The van der Waals surface area contributed by atoms with Gasteiger partial charge in [-0.25, -0.2) is 0 Å². The summed E-state index contributed by atoms with van der Waals surface area (Å²) in [5.74, 6) is 1.11. The number of allylic oxidation sites excluding steroid dienone is 5. The summed E-state index contributed by atoms with van der Waals surface area (Å²) in [5.41, 5.74) is 1.94. The molecule has 0 N–H and O–H groups in total. The number of rotatable bonds is 4. The first-order chi connectivity index (χ1) is 10.8. The van der Waals surface area contributed by atoms with E-state index in [-0.39, 0.29) is 5.76 Å². The molecule has 0 amide bonds. The number of benzene rings is 1. The fourth-order valence-electron chi connectivity index (χ4n) is 2.89. The summed E-state index contributed by atoms with van der Waals surface area (Å²) in [4.78, 5) is 4.55. The minimum absolute atomic E-state index is 0.204. The third-order valence-corrected chi connectivity index (χ3v) is 4.15. The number of ether oxygens (including phenoxy) is 1. The lowest BCUT2D eigenvalue weighted by Crippen LogP contribution is -2.47. The Hall–Kier alpha value is -2.20. The van der Waals surface area contributed by atoms with E-state index >= 15 is 0 Å². The van der Waals surface area contributed by atoms with Crippen LogP contribution in [0.1, 0.15) is 0 Å². The minimum atomic E-state index is 0.204. The maximum absolute atomic E-state index is 12.2. The number of hydrogen-bond acceptors (Lipinski definition) is 4. The van der Waals surface area contributed by atoms with Crippen LogP contribution in [0.25, 0.3) is 0 Å². The molecular formula is C18H21N2O2-. The van der Waals surface area contributed by atoms with Crippen molar-refractivity contribution in [2.45, 2.75) is 0 Å². The maximum atomic E-state index is 12.2. The fraction of sp³-hybridized carbons (Fsp3) is 0.333. The van der Waals surface area contributed by atoms with Crippen molar-refractivity contribution in [2.24, 2.45) is 0 Å². The third-order valence-electron chi connectivity index (χ3n) is 4.15. The van der Waals surface area contributed by atoms with Crippen LogP contribution in [0.4, 0.5) is 5.69 Å². The Morgan fingerprint density at radius 1 is 1.09 bits per heavy atom. The second-order valence-corrected chi connectivity index (χ2v) is 5.53. The van der Waals surface area contributed by atoms with Crippen LogP contribution in [-0.4, -0.2) is 44.7 Å². The van der Waals surface area contributed by atoms with Gasteiger partial charge in [0.15, 0.2) is 0 Å². The molecule has 1 aromatic rings. The molecule has 116 valence electrons. The molecule has 0 aromatic heterocycles. The maximum Gasteiger partial charge on any atom is 0.142 e. The molecule has 1 aromatic carbocycles. The van der Waals surface area contributed by atoms with Gasteiger partial charge in [0.05, 0.1) is 12.8 Å². The number of para-hydroxylation sites is 2. The van der Waals surface area contributed by atoms with Gasteiger partial charge in [-0.2, -0.15) is 0 Å². The van der Waals surface area contributed by atoms with E-state index < -0.39 is 0 Å².